The molecule has 3 aromatic carbocycles. The van der Waals surface area contributed by atoms with Gasteiger partial charge in [0.2, 0.25) is 15.9 Å². The Morgan fingerprint density at radius 2 is 1.64 bits per heavy atom. The van der Waals surface area contributed by atoms with Crippen molar-refractivity contribution in [2.75, 3.05) is 19.7 Å². The van der Waals surface area contributed by atoms with Crippen molar-refractivity contribution in [3.8, 4) is 11.1 Å². The molecule has 2 aliphatic rings. The number of hydrogen-bond donors (Lipinski definition) is 1. The van der Waals surface area contributed by atoms with Gasteiger partial charge in [0, 0.05) is 12.5 Å². The lowest BCUT2D eigenvalue weighted by molar-refractivity contribution is -0.158. The van der Waals surface area contributed by atoms with Crippen LogP contribution in [0.4, 0.5) is 4.39 Å². The van der Waals surface area contributed by atoms with Crippen molar-refractivity contribution < 1.29 is 22.7 Å². The molecule has 0 saturated carbocycles. The number of amides is 1. The van der Waals surface area contributed by atoms with Crippen molar-refractivity contribution in [1.29, 1.82) is 0 Å². The van der Waals surface area contributed by atoms with E-state index in [4.69, 9.17) is 0 Å². The van der Waals surface area contributed by atoms with Crippen LogP contribution in [0.25, 0.3) is 11.1 Å². The maximum absolute atomic E-state index is 13.6. The summed E-state index contributed by atoms with van der Waals surface area (Å²) in [6, 6.07) is 21.9. The lowest BCUT2D eigenvalue weighted by Crippen LogP contribution is -2.73. The topological polar surface area (TPSA) is 77.9 Å². The van der Waals surface area contributed by atoms with E-state index in [9.17, 15) is 22.7 Å². The van der Waals surface area contributed by atoms with Gasteiger partial charge < -0.3 is 10.0 Å². The van der Waals surface area contributed by atoms with Gasteiger partial charge >= 0.3 is 0 Å². The number of aliphatic hydroxyl groups is 1. The largest absolute Gasteiger partial charge is 0.394 e. The third-order valence-electron chi connectivity index (χ3n) is 6.56. The minimum atomic E-state index is -4.03. The van der Waals surface area contributed by atoms with Gasteiger partial charge in [0.1, 0.15) is 5.82 Å². The van der Waals surface area contributed by atoms with E-state index >= 15 is 0 Å². The summed E-state index contributed by atoms with van der Waals surface area (Å²) >= 11 is 0. The fourth-order valence-electron chi connectivity index (χ4n) is 4.96. The molecule has 33 heavy (non-hydrogen) atoms. The maximum atomic E-state index is 13.6. The van der Waals surface area contributed by atoms with Crippen LogP contribution < -0.4 is 0 Å². The number of hydrogen-bond acceptors (Lipinski definition) is 4. The van der Waals surface area contributed by atoms with Crippen LogP contribution in [0.1, 0.15) is 11.5 Å². The molecule has 0 radical (unpaired) electrons. The molecule has 6 nitrogen and oxygen atoms in total. The molecule has 0 spiro atoms. The van der Waals surface area contributed by atoms with Gasteiger partial charge in [0.25, 0.3) is 0 Å². The molecule has 0 bridgehead atoms. The van der Waals surface area contributed by atoms with Crippen molar-refractivity contribution in [3.05, 3.63) is 90.2 Å². The first-order chi connectivity index (χ1) is 15.9. The van der Waals surface area contributed by atoms with Gasteiger partial charge in [0.05, 0.1) is 30.1 Å². The monoisotopic (exact) mass is 466 g/mol. The van der Waals surface area contributed by atoms with E-state index in [0.717, 1.165) is 27.1 Å². The Kier molecular flexibility index (Phi) is 5.52. The summed E-state index contributed by atoms with van der Waals surface area (Å²) in [4.78, 5) is 14.2. The molecule has 1 N–H and O–H groups in total. The standard InChI is InChI=1S/C25H23FN2O4S/c26-20-7-4-8-21(13-20)33(31,32)27-14-22-25(23(16-29)28(22)24(30)15-27)19-11-9-18(10-12-19)17-5-2-1-3-6-17/h1-13,22-23,25,29H,14-16H2/t22-,23-,25+/m1/s1. The number of carbonyl (C=O) groups excluding carboxylic acids is 1. The van der Waals surface area contributed by atoms with Gasteiger partial charge in [-0.1, -0.05) is 60.7 Å². The quantitative estimate of drug-likeness (QED) is 0.627. The molecule has 3 atom stereocenters. The van der Waals surface area contributed by atoms with E-state index in [0.29, 0.717) is 0 Å². The van der Waals surface area contributed by atoms with E-state index < -0.39 is 27.9 Å². The Morgan fingerprint density at radius 3 is 2.30 bits per heavy atom. The highest BCUT2D eigenvalue weighted by Gasteiger charge is 2.55. The summed E-state index contributed by atoms with van der Waals surface area (Å²) in [5.74, 6) is -1.21. The molecule has 0 aromatic heterocycles. The average Bonchev–Trinajstić information content (AvgIpc) is 2.81. The maximum Gasteiger partial charge on any atom is 0.243 e. The van der Waals surface area contributed by atoms with Crippen LogP contribution in [0.5, 0.6) is 0 Å². The van der Waals surface area contributed by atoms with Gasteiger partial charge in [-0.15, -0.1) is 0 Å². The van der Waals surface area contributed by atoms with E-state index in [1.165, 1.54) is 18.2 Å². The molecule has 2 heterocycles. The molecular weight excluding hydrogens is 443 g/mol. The average molecular weight is 467 g/mol. The fraction of sp³-hybridized carbons (Fsp3) is 0.240. The van der Waals surface area contributed by atoms with E-state index in [1.54, 1.807) is 4.90 Å². The summed E-state index contributed by atoms with van der Waals surface area (Å²) in [5.41, 5.74) is 3.07. The first kappa shape index (κ1) is 21.8. The van der Waals surface area contributed by atoms with Gasteiger partial charge in [-0.05, 0) is 34.9 Å². The molecule has 1 amide bonds. The van der Waals surface area contributed by atoms with Gasteiger partial charge in [0.15, 0.2) is 0 Å². The molecule has 170 valence electrons. The zero-order valence-electron chi connectivity index (χ0n) is 17.7. The Morgan fingerprint density at radius 1 is 0.939 bits per heavy atom. The summed E-state index contributed by atoms with van der Waals surface area (Å²) < 4.78 is 40.9. The summed E-state index contributed by atoms with van der Waals surface area (Å²) in [6.45, 7) is -0.443. The third-order valence-corrected chi connectivity index (χ3v) is 8.37. The third kappa shape index (κ3) is 3.74. The lowest BCUT2D eigenvalue weighted by atomic mass is 9.74. The SMILES string of the molecule is O=C1CN(S(=O)(=O)c2cccc(F)c2)C[C@@H]2[C@H](c3ccc(-c4ccccc4)cc3)[C@@H](CO)N12. The normalized spacial score (nSPS) is 23.2. The number of carbonyl (C=O) groups is 1. The summed E-state index contributed by atoms with van der Waals surface area (Å²) in [7, 11) is -4.03. The number of fused-ring (bicyclic) bond motifs is 1. The Balaban J connectivity index is 1.43. The van der Waals surface area contributed by atoms with E-state index in [-0.39, 0.29) is 36.4 Å². The Hall–Kier alpha value is -3.07. The molecule has 3 aromatic rings. The Labute approximate surface area is 191 Å². The predicted molar refractivity (Wildman–Crippen MR) is 121 cm³/mol. The summed E-state index contributed by atoms with van der Waals surface area (Å²) in [6.07, 6.45) is 0. The second kappa shape index (κ2) is 8.37. The van der Waals surface area contributed by atoms with Crippen LogP contribution in [0, 0.1) is 5.82 Å². The summed E-state index contributed by atoms with van der Waals surface area (Å²) in [5, 5.41) is 9.97. The number of benzene rings is 3. The molecule has 2 aliphatic heterocycles. The molecule has 2 fully saturated rings. The molecule has 8 heteroatoms. The fourth-order valence-corrected chi connectivity index (χ4v) is 6.40. The number of halogens is 1. The zero-order valence-corrected chi connectivity index (χ0v) is 18.5. The predicted octanol–water partition coefficient (Wildman–Crippen LogP) is 2.85. The van der Waals surface area contributed by atoms with E-state index in [2.05, 4.69) is 0 Å². The van der Waals surface area contributed by atoms with Crippen LogP contribution in [0.15, 0.2) is 83.8 Å². The molecule has 0 unspecified atom stereocenters. The molecule has 0 aliphatic carbocycles. The highest BCUT2D eigenvalue weighted by Crippen LogP contribution is 2.44. The number of piperazine rings is 1. The van der Waals surface area contributed by atoms with Crippen LogP contribution >= 0.6 is 0 Å². The number of rotatable bonds is 5. The smallest absolute Gasteiger partial charge is 0.243 e. The van der Waals surface area contributed by atoms with Crippen molar-refractivity contribution >= 4 is 15.9 Å². The van der Waals surface area contributed by atoms with Crippen molar-refractivity contribution in [1.82, 2.24) is 9.21 Å². The van der Waals surface area contributed by atoms with Gasteiger partial charge in [-0.25, -0.2) is 12.8 Å². The molecule has 5 rings (SSSR count). The second-order valence-corrected chi connectivity index (χ2v) is 10.3. The Bertz CT molecular complexity index is 1280. The first-order valence-electron chi connectivity index (χ1n) is 10.7. The zero-order chi connectivity index (χ0) is 23.2. The van der Waals surface area contributed by atoms with Crippen molar-refractivity contribution in [2.45, 2.75) is 22.9 Å². The van der Waals surface area contributed by atoms with Gasteiger partial charge in [-0.3, -0.25) is 4.79 Å². The molecular formula is C25H23FN2O4S. The highest BCUT2D eigenvalue weighted by atomic mass is 32.2. The highest BCUT2D eigenvalue weighted by molar-refractivity contribution is 7.89. The van der Waals surface area contributed by atoms with Gasteiger partial charge in [-0.2, -0.15) is 4.31 Å². The van der Waals surface area contributed by atoms with Crippen molar-refractivity contribution in [2.24, 2.45) is 0 Å². The van der Waals surface area contributed by atoms with Crippen LogP contribution in [0.3, 0.4) is 0 Å². The number of sulfonamides is 1. The van der Waals surface area contributed by atoms with Crippen molar-refractivity contribution in [3.63, 3.8) is 0 Å². The van der Waals surface area contributed by atoms with E-state index in [1.807, 2.05) is 54.6 Å². The van der Waals surface area contributed by atoms with Crippen LogP contribution in [-0.4, -0.2) is 60.4 Å². The van der Waals surface area contributed by atoms with Crippen LogP contribution in [0.2, 0.25) is 0 Å². The van der Waals surface area contributed by atoms with Crippen LogP contribution in [-0.2, 0) is 14.8 Å². The molecule has 2 saturated heterocycles. The second-order valence-electron chi connectivity index (χ2n) is 8.39. The minimum Gasteiger partial charge on any atom is -0.394 e. The minimum absolute atomic E-state index is 0.0895. The first-order valence-corrected chi connectivity index (χ1v) is 12.2. The number of nitrogens with zero attached hydrogens (tertiary/aromatic N) is 2. The lowest BCUT2D eigenvalue weighted by Gasteiger charge is -2.58. The number of aliphatic hydroxyl groups excluding tert-OH is 1.